The van der Waals surface area contributed by atoms with Gasteiger partial charge in [0.2, 0.25) is 0 Å². The third-order valence-electron chi connectivity index (χ3n) is 2.86. The molecule has 0 atom stereocenters. The molecule has 1 N–H and O–H groups in total. The Hall–Kier alpha value is -1.42. The molecular formula is C13H16F2N2. The molecular weight excluding hydrogens is 222 g/mol. The Balaban J connectivity index is 0.000000329. The van der Waals surface area contributed by atoms with Crippen molar-refractivity contribution in [2.45, 2.75) is 19.4 Å². The van der Waals surface area contributed by atoms with E-state index in [1.54, 1.807) is 6.07 Å². The molecule has 0 radical (unpaired) electrons. The number of halogens is 2. The highest BCUT2D eigenvalue weighted by Gasteiger charge is 2.17. The second kappa shape index (κ2) is 4.84. The lowest BCUT2D eigenvalue weighted by atomic mass is 10.0. The quantitative estimate of drug-likeness (QED) is 0.746. The summed E-state index contributed by atoms with van der Waals surface area (Å²) in [5.41, 5.74) is 1.80. The number of hydrogen-bond donors (Lipinski definition) is 1. The van der Waals surface area contributed by atoms with E-state index in [2.05, 4.69) is 5.32 Å². The molecule has 2 aromatic rings. The third kappa shape index (κ3) is 2.05. The second-order valence-corrected chi connectivity index (χ2v) is 4.21. The molecule has 2 nitrogen and oxygen atoms in total. The Labute approximate surface area is 99.2 Å². The fraction of sp³-hybridized carbons (Fsp3) is 0.385. The SMILES string of the molecule is CNC.Fc1cc2c3c(ccn3CCC2)c1F. The first-order valence-corrected chi connectivity index (χ1v) is 5.73. The maximum Gasteiger partial charge on any atom is 0.168 e. The predicted molar refractivity (Wildman–Crippen MR) is 65.2 cm³/mol. The number of benzene rings is 1. The summed E-state index contributed by atoms with van der Waals surface area (Å²) in [7, 11) is 3.75. The molecule has 1 aliphatic heterocycles. The molecule has 0 unspecified atom stereocenters. The summed E-state index contributed by atoms with van der Waals surface area (Å²) in [5, 5.41) is 3.17. The summed E-state index contributed by atoms with van der Waals surface area (Å²) >= 11 is 0. The standard InChI is InChI=1S/C11H9F2N.C2H7N/c12-9-6-7-2-1-4-14-5-3-8(10(9)13)11(7)14;1-3-2/h3,5-6H,1-2,4H2;3H,1-2H3. The molecule has 0 fully saturated rings. The lowest BCUT2D eigenvalue weighted by Crippen LogP contribution is -2.07. The van der Waals surface area contributed by atoms with Gasteiger partial charge in [0.1, 0.15) is 0 Å². The lowest BCUT2D eigenvalue weighted by Gasteiger charge is -2.15. The van der Waals surface area contributed by atoms with Crippen LogP contribution < -0.4 is 5.32 Å². The van der Waals surface area contributed by atoms with Crippen molar-refractivity contribution in [1.82, 2.24) is 9.88 Å². The van der Waals surface area contributed by atoms with Gasteiger partial charge in [0.15, 0.2) is 11.6 Å². The van der Waals surface area contributed by atoms with Crippen LogP contribution in [0.3, 0.4) is 0 Å². The minimum Gasteiger partial charge on any atom is -0.347 e. The summed E-state index contributed by atoms with van der Waals surface area (Å²) < 4.78 is 28.5. The molecule has 3 rings (SSSR count). The highest BCUT2D eigenvalue weighted by atomic mass is 19.2. The van der Waals surface area contributed by atoms with Crippen LogP contribution in [-0.4, -0.2) is 18.7 Å². The largest absolute Gasteiger partial charge is 0.347 e. The first-order valence-electron chi connectivity index (χ1n) is 5.73. The molecule has 2 heterocycles. The number of rotatable bonds is 0. The molecule has 1 aromatic heterocycles. The molecule has 0 saturated carbocycles. The van der Waals surface area contributed by atoms with Gasteiger partial charge in [0.25, 0.3) is 0 Å². The Morgan fingerprint density at radius 2 is 2.00 bits per heavy atom. The van der Waals surface area contributed by atoms with Crippen molar-refractivity contribution in [2.75, 3.05) is 14.1 Å². The number of hydrogen-bond acceptors (Lipinski definition) is 1. The lowest BCUT2D eigenvalue weighted by molar-refractivity contribution is 0.513. The average Bonchev–Trinajstić information content (AvgIpc) is 2.73. The number of aromatic nitrogens is 1. The van der Waals surface area contributed by atoms with Crippen LogP contribution in [0.4, 0.5) is 8.78 Å². The number of nitrogens with zero attached hydrogens (tertiary/aromatic N) is 1. The molecule has 0 amide bonds. The first kappa shape index (κ1) is 12.0. The Morgan fingerprint density at radius 3 is 2.71 bits per heavy atom. The molecule has 17 heavy (non-hydrogen) atoms. The van der Waals surface area contributed by atoms with Gasteiger partial charge < -0.3 is 9.88 Å². The Bertz CT molecular complexity index is 532. The van der Waals surface area contributed by atoms with Crippen LogP contribution in [0, 0.1) is 11.6 Å². The van der Waals surface area contributed by atoms with Gasteiger partial charge in [-0.1, -0.05) is 0 Å². The maximum atomic E-state index is 13.4. The molecule has 92 valence electrons. The van der Waals surface area contributed by atoms with Crippen molar-refractivity contribution in [1.29, 1.82) is 0 Å². The normalized spacial score (nSPS) is 13.4. The summed E-state index contributed by atoms with van der Waals surface area (Å²) in [6, 6.07) is 2.98. The van der Waals surface area contributed by atoms with Gasteiger partial charge in [0.05, 0.1) is 5.52 Å². The summed E-state index contributed by atoms with van der Waals surface area (Å²) in [5.74, 6) is -1.45. The highest BCUT2D eigenvalue weighted by Crippen LogP contribution is 2.29. The second-order valence-electron chi connectivity index (χ2n) is 4.21. The third-order valence-corrected chi connectivity index (χ3v) is 2.86. The van der Waals surface area contributed by atoms with E-state index in [9.17, 15) is 8.78 Å². The van der Waals surface area contributed by atoms with E-state index in [1.165, 1.54) is 6.07 Å². The van der Waals surface area contributed by atoms with E-state index in [-0.39, 0.29) is 0 Å². The fourth-order valence-electron chi connectivity index (χ4n) is 2.24. The zero-order valence-electron chi connectivity index (χ0n) is 10.1. The topological polar surface area (TPSA) is 17.0 Å². The molecule has 0 bridgehead atoms. The minimum absolute atomic E-state index is 0.416. The van der Waals surface area contributed by atoms with E-state index in [4.69, 9.17) is 0 Å². The summed E-state index contributed by atoms with van der Waals surface area (Å²) in [6.45, 7) is 0.904. The molecule has 1 aromatic carbocycles. The van der Waals surface area contributed by atoms with E-state index in [0.29, 0.717) is 5.39 Å². The van der Waals surface area contributed by atoms with Crippen LogP contribution in [0.5, 0.6) is 0 Å². The van der Waals surface area contributed by atoms with Crippen LogP contribution in [0.1, 0.15) is 12.0 Å². The van der Waals surface area contributed by atoms with Gasteiger partial charge in [-0.25, -0.2) is 8.78 Å². The summed E-state index contributed by atoms with van der Waals surface area (Å²) in [4.78, 5) is 0. The van der Waals surface area contributed by atoms with E-state index >= 15 is 0 Å². The van der Waals surface area contributed by atoms with Crippen LogP contribution in [0.15, 0.2) is 18.3 Å². The van der Waals surface area contributed by atoms with E-state index < -0.39 is 11.6 Å². The van der Waals surface area contributed by atoms with Crippen molar-refractivity contribution in [3.63, 3.8) is 0 Å². The number of nitrogens with one attached hydrogen (secondary N) is 1. The highest BCUT2D eigenvalue weighted by molar-refractivity contribution is 5.84. The Morgan fingerprint density at radius 1 is 1.29 bits per heavy atom. The maximum absolute atomic E-state index is 13.4. The van der Waals surface area contributed by atoms with Crippen molar-refractivity contribution >= 4 is 10.9 Å². The minimum atomic E-state index is -0.729. The molecule has 0 aliphatic carbocycles. The smallest absolute Gasteiger partial charge is 0.168 e. The van der Waals surface area contributed by atoms with Crippen LogP contribution in [-0.2, 0) is 13.0 Å². The van der Waals surface area contributed by atoms with Crippen molar-refractivity contribution in [2.24, 2.45) is 0 Å². The van der Waals surface area contributed by atoms with Crippen LogP contribution >= 0.6 is 0 Å². The zero-order chi connectivity index (χ0) is 12.4. The summed E-state index contributed by atoms with van der Waals surface area (Å²) in [6.07, 6.45) is 3.68. The fourth-order valence-corrected chi connectivity index (χ4v) is 2.24. The van der Waals surface area contributed by atoms with Crippen molar-refractivity contribution < 1.29 is 8.78 Å². The van der Waals surface area contributed by atoms with Crippen LogP contribution in [0.25, 0.3) is 10.9 Å². The van der Waals surface area contributed by atoms with Gasteiger partial charge in [0, 0.05) is 18.1 Å². The first-order chi connectivity index (χ1) is 8.19. The molecule has 4 heteroatoms. The van der Waals surface area contributed by atoms with Crippen LogP contribution in [0.2, 0.25) is 0 Å². The zero-order valence-corrected chi connectivity index (χ0v) is 10.1. The van der Waals surface area contributed by atoms with Crippen molar-refractivity contribution in [3.8, 4) is 0 Å². The number of aryl methyl sites for hydroxylation is 2. The van der Waals surface area contributed by atoms with Gasteiger partial charge in [-0.2, -0.15) is 0 Å². The van der Waals surface area contributed by atoms with Gasteiger partial charge >= 0.3 is 0 Å². The van der Waals surface area contributed by atoms with Gasteiger partial charge in [-0.3, -0.25) is 0 Å². The van der Waals surface area contributed by atoms with E-state index in [0.717, 1.165) is 30.5 Å². The van der Waals surface area contributed by atoms with Gasteiger partial charge in [-0.05, 0) is 44.6 Å². The predicted octanol–water partition coefficient (Wildman–Crippen LogP) is 2.70. The monoisotopic (exact) mass is 238 g/mol. The average molecular weight is 238 g/mol. The van der Waals surface area contributed by atoms with E-state index in [1.807, 2.05) is 24.9 Å². The van der Waals surface area contributed by atoms with Crippen molar-refractivity contribution in [3.05, 3.63) is 35.5 Å². The molecule has 0 spiro atoms. The Kier molecular flexibility index (Phi) is 3.43. The van der Waals surface area contributed by atoms with Gasteiger partial charge in [-0.15, -0.1) is 0 Å². The molecule has 1 aliphatic rings. The molecule has 0 saturated heterocycles.